The number of hydrogen-bond donors (Lipinski definition) is 1. The second kappa shape index (κ2) is 13.0. The van der Waals surface area contributed by atoms with Crippen molar-refractivity contribution in [2.24, 2.45) is 11.8 Å². The lowest BCUT2D eigenvalue weighted by Gasteiger charge is -2.30. The van der Waals surface area contributed by atoms with Crippen molar-refractivity contribution in [3.8, 4) is 11.5 Å². The van der Waals surface area contributed by atoms with E-state index in [0.29, 0.717) is 12.0 Å². The summed E-state index contributed by atoms with van der Waals surface area (Å²) in [5, 5.41) is 10.3. The summed E-state index contributed by atoms with van der Waals surface area (Å²) in [6, 6.07) is 19.7. The molecule has 0 saturated carbocycles. The fourth-order valence-electron chi connectivity index (χ4n) is 4.57. The number of carbonyl (C=O) groups is 3. The number of ketones is 1. The molecule has 0 aliphatic carbocycles. The van der Waals surface area contributed by atoms with Crippen molar-refractivity contribution in [1.82, 2.24) is 4.98 Å². The van der Waals surface area contributed by atoms with Gasteiger partial charge in [-0.3, -0.25) is 9.59 Å². The Morgan fingerprint density at radius 1 is 1.03 bits per heavy atom. The van der Waals surface area contributed by atoms with Crippen LogP contribution in [-0.2, 0) is 25.4 Å². The molecular weight excluding hydrogens is 502 g/mol. The number of rotatable bonds is 8. The first-order chi connectivity index (χ1) is 18.9. The molecule has 0 bridgehead atoms. The molecule has 0 amide bonds. The van der Waals surface area contributed by atoms with Crippen molar-refractivity contribution in [2.75, 3.05) is 20.3 Å². The van der Waals surface area contributed by atoms with Crippen LogP contribution in [-0.4, -0.2) is 60.3 Å². The summed E-state index contributed by atoms with van der Waals surface area (Å²) < 4.78 is 22.7. The van der Waals surface area contributed by atoms with Gasteiger partial charge in [-0.05, 0) is 31.0 Å². The monoisotopic (exact) mass is 533 g/mol. The van der Waals surface area contributed by atoms with Crippen LogP contribution in [0.4, 0.5) is 0 Å². The van der Waals surface area contributed by atoms with Gasteiger partial charge in [0.2, 0.25) is 0 Å². The summed E-state index contributed by atoms with van der Waals surface area (Å²) in [5.41, 5.74) is 1.19. The minimum Gasteiger partial charge on any atom is -0.503 e. The van der Waals surface area contributed by atoms with Crippen molar-refractivity contribution in [3.63, 3.8) is 0 Å². The first kappa shape index (κ1) is 27.8. The number of methoxy groups -OCH3 is 1. The number of aromatic hydroxyl groups is 1. The SMILES string of the molecule is COc1ccnc(C(=O)C[C@H]2COC[C@H](Cc3ccccc3)[C@@H](OC(=O)c3ccccc3)[C@H](C)OC2=O)c1O. The fourth-order valence-corrected chi connectivity index (χ4v) is 4.57. The quantitative estimate of drug-likeness (QED) is 0.338. The van der Waals surface area contributed by atoms with E-state index in [1.54, 1.807) is 37.3 Å². The van der Waals surface area contributed by atoms with Crippen LogP contribution in [0.1, 0.15) is 39.8 Å². The van der Waals surface area contributed by atoms with Gasteiger partial charge in [0.25, 0.3) is 0 Å². The lowest BCUT2D eigenvalue weighted by molar-refractivity contribution is -0.160. The van der Waals surface area contributed by atoms with E-state index in [0.717, 1.165) is 5.56 Å². The molecule has 2 aromatic carbocycles. The predicted octanol–water partition coefficient (Wildman–Crippen LogP) is 4.03. The van der Waals surface area contributed by atoms with Gasteiger partial charge < -0.3 is 24.1 Å². The molecule has 1 N–H and O–H groups in total. The number of hydrogen-bond acceptors (Lipinski definition) is 9. The van der Waals surface area contributed by atoms with Gasteiger partial charge in [-0.25, -0.2) is 9.78 Å². The number of nitrogens with zero attached hydrogens (tertiary/aromatic N) is 1. The average molecular weight is 534 g/mol. The van der Waals surface area contributed by atoms with Crippen LogP contribution < -0.4 is 4.74 Å². The topological polar surface area (TPSA) is 121 Å². The standard InChI is InChI=1S/C30H31NO8/c1-19-28(39-29(34)21-11-7-4-8-12-21)22(15-20-9-5-3-6-10-20)17-37-18-23(30(35)38-19)16-24(32)26-27(33)25(36-2)13-14-31-26/h3-14,19,22-23,28,33H,15-18H2,1-2H3/t19-,22-,23-,28-/m0/s1. The van der Waals surface area contributed by atoms with E-state index in [-0.39, 0.29) is 37.0 Å². The van der Waals surface area contributed by atoms with Crippen LogP contribution in [0.15, 0.2) is 72.9 Å². The average Bonchev–Trinajstić information content (AvgIpc) is 2.99. The summed E-state index contributed by atoms with van der Waals surface area (Å²) in [4.78, 5) is 43.1. The summed E-state index contributed by atoms with van der Waals surface area (Å²) in [7, 11) is 1.36. The number of ether oxygens (including phenoxy) is 4. The molecule has 9 heteroatoms. The van der Waals surface area contributed by atoms with Crippen LogP contribution in [0, 0.1) is 11.8 Å². The highest BCUT2D eigenvalue weighted by Gasteiger charge is 2.38. The molecule has 3 aromatic rings. The molecule has 1 aromatic heterocycles. The highest BCUT2D eigenvalue weighted by Crippen LogP contribution is 2.30. The Morgan fingerprint density at radius 3 is 2.41 bits per heavy atom. The minimum atomic E-state index is -0.951. The van der Waals surface area contributed by atoms with E-state index in [1.165, 1.54) is 19.4 Å². The maximum absolute atomic E-state index is 13.2. The summed E-state index contributed by atoms with van der Waals surface area (Å²) >= 11 is 0. The van der Waals surface area contributed by atoms with Crippen molar-refractivity contribution in [2.45, 2.75) is 32.0 Å². The summed E-state index contributed by atoms with van der Waals surface area (Å²) in [6.45, 7) is 1.74. The Morgan fingerprint density at radius 2 is 1.72 bits per heavy atom. The van der Waals surface area contributed by atoms with Gasteiger partial charge in [0.1, 0.15) is 12.2 Å². The zero-order valence-corrected chi connectivity index (χ0v) is 21.8. The zero-order chi connectivity index (χ0) is 27.8. The van der Waals surface area contributed by atoms with Gasteiger partial charge in [0, 0.05) is 24.6 Å². The lowest BCUT2D eigenvalue weighted by Crippen LogP contribution is -2.41. The first-order valence-corrected chi connectivity index (χ1v) is 12.7. The van der Waals surface area contributed by atoms with Gasteiger partial charge in [0.05, 0.1) is 31.8 Å². The molecule has 4 atom stereocenters. The number of benzene rings is 2. The fraction of sp³-hybridized carbons (Fsp3) is 0.333. The molecule has 1 aliphatic heterocycles. The predicted molar refractivity (Wildman–Crippen MR) is 141 cm³/mol. The maximum atomic E-state index is 13.2. The van der Waals surface area contributed by atoms with Gasteiger partial charge in [-0.1, -0.05) is 48.5 Å². The Bertz CT molecular complexity index is 1280. The lowest BCUT2D eigenvalue weighted by atomic mass is 9.91. The number of pyridine rings is 1. The highest BCUT2D eigenvalue weighted by molar-refractivity contribution is 5.99. The molecule has 204 valence electrons. The minimum absolute atomic E-state index is 0.0906. The Labute approximate surface area is 226 Å². The van der Waals surface area contributed by atoms with E-state index in [9.17, 15) is 19.5 Å². The van der Waals surface area contributed by atoms with Crippen LogP contribution >= 0.6 is 0 Å². The van der Waals surface area contributed by atoms with E-state index in [1.807, 2.05) is 30.3 Å². The highest BCUT2D eigenvalue weighted by atomic mass is 16.6. The van der Waals surface area contributed by atoms with Crippen molar-refractivity contribution >= 4 is 17.7 Å². The Hall–Kier alpha value is -4.24. The van der Waals surface area contributed by atoms with E-state index >= 15 is 0 Å². The van der Waals surface area contributed by atoms with Gasteiger partial charge in [-0.2, -0.15) is 0 Å². The van der Waals surface area contributed by atoms with Gasteiger partial charge in [-0.15, -0.1) is 0 Å². The van der Waals surface area contributed by atoms with E-state index in [4.69, 9.17) is 18.9 Å². The molecule has 0 radical (unpaired) electrons. The van der Waals surface area contributed by atoms with E-state index in [2.05, 4.69) is 4.98 Å². The van der Waals surface area contributed by atoms with Crippen LogP contribution in [0.3, 0.4) is 0 Å². The summed E-state index contributed by atoms with van der Waals surface area (Å²) in [5.74, 6) is -3.34. The largest absolute Gasteiger partial charge is 0.503 e. The van der Waals surface area contributed by atoms with Crippen molar-refractivity contribution in [1.29, 1.82) is 0 Å². The number of esters is 2. The third-order valence-corrected chi connectivity index (χ3v) is 6.61. The van der Waals surface area contributed by atoms with Crippen LogP contribution in [0.2, 0.25) is 0 Å². The molecule has 39 heavy (non-hydrogen) atoms. The molecule has 1 aliphatic rings. The Balaban J connectivity index is 1.55. The number of Topliss-reactive ketones (excluding diaryl/α,β-unsaturated/α-hetero) is 1. The zero-order valence-electron chi connectivity index (χ0n) is 21.8. The molecule has 1 saturated heterocycles. The van der Waals surface area contributed by atoms with Gasteiger partial charge >= 0.3 is 11.9 Å². The normalized spacial score (nSPS) is 21.5. The smallest absolute Gasteiger partial charge is 0.338 e. The van der Waals surface area contributed by atoms with Gasteiger partial charge in [0.15, 0.2) is 23.0 Å². The second-order valence-electron chi connectivity index (χ2n) is 9.40. The molecule has 0 unspecified atom stereocenters. The van der Waals surface area contributed by atoms with Crippen molar-refractivity contribution in [3.05, 3.63) is 89.7 Å². The molecular formula is C30H31NO8. The first-order valence-electron chi connectivity index (χ1n) is 12.7. The number of carbonyl (C=O) groups excluding carboxylic acids is 3. The van der Waals surface area contributed by atoms with Crippen LogP contribution in [0.5, 0.6) is 11.5 Å². The third-order valence-electron chi connectivity index (χ3n) is 6.61. The summed E-state index contributed by atoms with van der Waals surface area (Å²) in [6.07, 6.45) is -0.0642. The van der Waals surface area contributed by atoms with Crippen molar-refractivity contribution < 1.29 is 38.4 Å². The molecule has 2 heterocycles. The maximum Gasteiger partial charge on any atom is 0.338 e. The molecule has 4 rings (SSSR count). The van der Waals surface area contributed by atoms with Crippen LogP contribution in [0.25, 0.3) is 0 Å². The molecule has 9 nitrogen and oxygen atoms in total. The molecule has 1 fully saturated rings. The third kappa shape index (κ3) is 7.00. The molecule has 0 spiro atoms. The second-order valence-corrected chi connectivity index (χ2v) is 9.40. The Kier molecular flexibility index (Phi) is 9.27. The number of aromatic nitrogens is 1. The van der Waals surface area contributed by atoms with E-state index < -0.39 is 41.6 Å². The number of cyclic esters (lactones) is 1.